The molecule has 0 radical (unpaired) electrons. The van der Waals surface area contributed by atoms with Gasteiger partial charge in [0.1, 0.15) is 18.2 Å². The van der Waals surface area contributed by atoms with Gasteiger partial charge in [-0.15, -0.1) is 11.3 Å². The first-order chi connectivity index (χ1) is 16.4. The summed E-state index contributed by atoms with van der Waals surface area (Å²) in [5.41, 5.74) is 7.85. The van der Waals surface area contributed by atoms with E-state index in [-0.39, 0.29) is 16.6 Å². The Balaban J connectivity index is 1.44. The van der Waals surface area contributed by atoms with Gasteiger partial charge in [0.2, 0.25) is 5.75 Å². The van der Waals surface area contributed by atoms with E-state index in [2.05, 4.69) is 27.3 Å². The van der Waals surface area contributed by atoms with Gasteiger partial charge in [-0.2, -0.15) is 0 Å². The van der Waals surface area contributed by atoms with Crippen LogP contribution >= 0.6 is 34.5 Å². The van der Waals surface area contributed by atoms with Gasteiger partial charge in [0.15, 0.2) is 11.4 Å². The summed E-state index contributed by atoms with van der Waals surface area (Å²) in [6.07, 6.45) is 2.68. The van der Waals surface area contributed by atoms with E-state index < -0.39 is 11.9 Å². The number of furan rings is 1. The number of pyridine rings is 1. The molecule has 0 amide bonds. The highest BCUT2D eigenvalue weighted by Gasteiger charge is 2.23. The summed E-state index contributed by atoms with van der Waals surface area (Å²) in [6, 6.07) is 6.91. The fourth-order valence-electron chi connectivity index (χ4n) is 4.13. The van der Waals surface area contributed by atoms with Gasteiger partial charge in [0.25, 0.3) is 0 Å². The molecule has 1 saturated heterocycles. The average molecular weight is 521 g/mol. The summed E-state index contributed by atoms with van der Waals surface area (Å²) in [6.45, 7) is 6.77. The van der Waals surface area contributed by atoms with Crippen molar-refractivity contribution in [1.29, 1.82) is 0 Å². The Morgan fingerprint density at radius 1 is 1.26 bits per heavy atom. The molecule has 0 saturated carbocycles. The normalized spacial score (nSPS) is 15.6. The third-order valence-electron chi connectivity index (χ3n) is 5.90. The number of nitrogens with two attached hydrogens (primary N) is 1. The molecule has 10 heteroatoms. The number of ether oxygens (including phenoxy) is 1. The molecule has 0 bridgehead atoms. The van der Waals surface area contributed by atoms with E-state index in [9.17, 15) is 4.39 Å². The summed E-state index contributed by atoms with van der Waals surface area (Å²) in [4.78, 5) is 9.12. The van der Waals surface area contributed by atoms with Gasteiger partial charge in [-0.25, -0.2) is 9.37 Å². The van der Waals surface area contributed by atoms with Crippen molar-refractivity contribution in [2.75, 3.05) is 31.9 Å². The number of anilines is 1. The molecule has 178 valence electrons. The SMILES string of the molecule is C[C@@H](Oc1c(N)ncc2c(-c3ccc(CN4CCNCC4)s3)coc12)c1c(Cl)ccc(F)c1Cl. The van der Waals surface area contributed by atoms with E-state index in [0.29, 0.717) is 16.2 Å². The second-order valence-electron chi connectivity index (χ2n) is 8.17. The van der Waals surface area contributed by atoms with Crippen LogP contribution in [-0.4, -0.2) is 36.1 Å². The van der Waals surface area contributed by atoms with Crippen LogP contribution < -0.4 is 15.8 Å². The Bertz CT molecular complexity index is 1340. The van der Waals surface area contributed by atoms with Crippen molar-refractivity contribution < 1.29 is 13.5 Å². The summed E-state index contributed by atoms with van der Waals surface area (Å²) in [5.74, 6) is -0.143. The number of piperazine rings is 1. The Hall–Kier alpha value is -2.36. The predicted molar refractivity (Wildman–Crippen MR) is 135 cm³/mol. The highest BCUT2D eigenvalue weighted by atomic mass is 35.5. The fourth-order valence-corrected chi connectivity index (χ4v) is 5.88. The van der Waals surface area contributed by atoms with Gasteiger partial charge in [-0.1, -0.05) is 23.2 Å². The topological polar surface area (TPSA) is 76.6 Å². The molecule has 0 unspecified atom stereocenters. The fraction of sp³-hybridized carbons (Fsp3) is 0.292. The number of hydrogen-bond acceptors (Lipinski definition) is 7. The van der Waals surface area contributed by atoms with Gasteiger partial charge >= 0.3 is 0 Å². The Kier molecular flexibility index (Phi) is 6.68. The molecule has 34 heavy (non-hydrogen) atoms. The Morgan fingerprint density at radius 2 is 2.06 bits per heavy atom. The average Bonchev–Trinajstić information content (AvgIpc) is 3.46. The Morgan fingerprint density at radius 3 is 2.85 bits per heavy atom. The van der Waals surface area contributed by atoms with E-state index >= 15 is 0 Å². The molecule has 6 nitrogen and oxygen atoms in total. The second kappa shape index (κ2) is 9.71. The number of halogens is 3. The van der Waals surface area contributed by atoms with E-state index in [1.807, 2.05) is 0 Å². The summed E-state index contributed by atoms with van der Waals surface area (Å²) < 4.78 is 26.0. The van der Waals surface area contributed by atoms with Crippen LogP contribution in [0.4, 0.5) is 10.2 Å². The minimum absolute atomic E-state index is 0.0885. The molecule has 1 aromatic carbocycles. The third-order valence-corrected chi connectivity index (χ3v) is 7.71. The van der Waals surface area contributed by atoms with Crippen molar-refractivity contribution in [2.24, 2.45) is 0 Å². The summed E-state index contributed by atoms with van der Waals surface area (Å²) in [7, 11) is 0. The number of aromatic nitrogens is 1. The molecule has 3 N–H and O–H groups in total. The lowest BCUT2D eigenvalue weighted by atomic mass is 10.1. The molecule has 3 aromatic heterocycles. The quantitative estimate of drug-likeness (QED) is 0.298. The first-order valence-electron chi connectivity index (χ1n) is 10.9. The molecular formula is C24H23Cl2FN4O2S. The van der Waals surface area contributed by atoms with Crippen molar-refractivity contribution in [3.8, 4) is 16.2 Å². The van der Waals surface area contributed by atoms with Crippen molar-refractivity contribution in [3.63, 3.8) is 0 Å². The first kappa shape index (κ1) is 23.4. The largest absolute Gasteiger partial charge is 0.478 e. The molecule has 4 heterocycles. The Labute approximate surface area is 210 Å². The van der Waals surface area contributed by atoms with Gasteiger partial charge in [0, 0.05) is 64.8 Å². The number of nitrogens with one attached hydrogen (secondary N) is 1. The molecular weight excluding hydrogens is 498 g/mol. The number of thiophene rings is 1. The molecule has 1 aliphatic heterocycles. The van der Waals surface area contributed by atoms with Crippen LogP contribution in [0.2, 0.25) is 10.0 Å². The van der Waals surface area contributed by atoms with Gasteiger partial charge in [0.05, 0.1) is 10.4 Å². The molecule has 5 rings (SSSR count). The maximum absolute atomic E-state index is 14.0. The van der Waals surface area contributed by atoms with Crippen LogP contribution in [0.3, 0.4) is 0 Å². The van der Waals surface area contributed by atoms with Gasteiger partial charge < -0.3 is 20.2 Å². The van der Waals surface area contributed by atoms with E-state index in [1.165, 1.54) is 17.0 Å². The number of nitrogens with zero attached hydrogens (tertiary/aromatic N) is 2. The minimum atomic E-state index is -0.689. The van der Waals surface area contributed by atoms with Crippen molar-refractivity contribution >= 4 is 51.3 Å². The molecule has 1 atom stereocenters. The summed E-state index contributed by atoms with van der Waals surface area (Å²) in [5, 5.41) is 4.37. The minimum Gasteiger partial charge on any atom is -0.478 e. The van der Waals surface area contributed by atoms with E-state index in [1.54, 1.807) is 30.7 Å². The molecule has 1 aliphatic rings. The zero-order chi connectivity index (χ0) is 23.8. The van der Waals surface area contributed by atoms with Crippen LogP contribution in [0, 0.1) is 5.82 Å². The molecule has 4 aromatic rings. The summed E-state index contributed by atoms with van der Waals surface area (Å²) >= 11 is 14.2. The van der Waals surface area contributed by atoms with Crippen LogP contribution in [0.15, 0.2) is 41.1 Å². The predicted octanol–water partition coefficient (Wildman–Crippen LogP) is 6.13. The lowest BCUT2D eigenvalue weighted by Gasteiger charge is -2.26. The smallest absolute Gasteiger partial charge is 0.205 e. The van der Waals surface area contributed by atoms with Crippen LogP contribution in [0.25, 0.3) is 21.4 Å². The van der Waals surface area contributed by atoms with Crippen LogP contribution in [0.1, 0.15) is 23.5 Å². The van der Waals surface area contributed by atoms with Gasteiger partial charge in [-0.3, -0.25) is 4.90 Å². The molecule has 0 spiro atoms. The monoisotopic (exact) mass is 520 g/mol. The van der Waals surface area contributed by atoms with E-state index in [0.717, 1.165) is 48.6 Å². The van der Waals surface area contributed by atoms with E-state index in [4.69, 9.17) is 38.1 Å². The standard InChI is InChI=1S/C24H23Cl2FN4O2S/c1-13(20-17(25)3-4-18(27)21(20)26)33-23-22-15(10-30-24(23)28)16(12-32-22)19-5-2-14(34-19)11-31-8-6-29-7-9-31/h2-5,10,12-13,29H,6-9,11H2,1H3,(H2,28,30)/t13-/m1/s1. The lowest BCUT2D eigenvalue weighted by molar-refractivity contribution is 0.227. The third kappa shape index (κ3) is 4.48. The number of fused-ring (bicyclic) bond motifs is 1. The molecule has 1 fully saturated rings. The van der Waals surface area contributed by atoms with Crippen molar-refractivity contribution in [3.05, 3.63) is 63.0 Å². The zero-order valence-electron chi connectivity index (χ0n) is 18.4. The lowest BCUT2D eigenvalue weighted by Crippen LogP contribution is -2.42. The number of benzene rings is 1. The number of rotatable bonds is 6. The van der Waals surface area contributed by atoms with Crippen molar-refractivity contribution in [2.45, 2.75) is 19.6 Å². The number of nitrogen functional groups attached to an aromatic ring is 1. The second-order valence-corrected chi connectivity index (χ2v) is 10.1. The van der Waals surface area contributed by atoms with Crippen molar-refractivity contribution in [1.82, 2.24) is 15.2 Å². The van der Waals surface area contributed by atoms with Crippen LogP contribution in [0.5, 0.6) is 5.75 Å². The van der Waals surface area contributed by atoms with Crippen LogP contribution in [-0.2, 0) is 6.54 Å². The zero-order valence-corrected chi connectivity index (χ0v) is 20.7. The maximum atomic E-state index is 14.0. The highest BCUT2D eigenvalue weighted by molar-refractivity contribution is 7.15. The maximum Gasteiger partial charge on any atom is 0.205 e. The first-order valence-corrected chi connectivity index (χ1v) is 12.5. The molecule has 0 aliphatic carbocycles. The van der Waals surface area contributed by atoms with Gasteiger partial charge in [-0.05, 0) is 31.2 Å². The number of hydrogen-bond donors (Lipinski definition) is 2. The highest BCUT2D eigenvalue weighted by Crippen LogP contribution is 2.42.